The smallest absolute Gasteiger partial charge is 0.305 e. The SMILES string of the molecule is C=C1CC[C@@H](CC(=O)OC)[C@]1(C)CO[Si](c1ccccc1)(c1ccccc1)C(C)(C)C. The molecule has 31 heavy (non-hydrogen) atoms. The zero-order chi connectivity index (χ0) is 22.7. The van der Waals surface area contributed by atoms with E-state index in [4.69, 9.17) is 9.16 Å². The third kappa shape index (κ3) is 4.42. The molecule has 4 heteroatoms. The van der Waals surface area contributed by atoms with E-state index in [2.05, 4.69) is 94.9 Å². The minimum Gasteiger partial charge on any atom is -0.469 e. The number of esters is 1. The molecule has 0 spiro atoms. The minimum absolute atomic E-state index is 0.0795. The summed E-state index contributed by atoms with van der Waals surface area (Å²) in [5, 5.41) is 2.46. The molecule has 0 saturated heterocycles. The van der Waals surface area contributed by atoms with E-state index in [-0.39, 0.29) is 22.3 Å². The first-order valence-corrected chi connectivity index (χ1v) is 13.1. The molecule has 0 bridgehead atoms. The summed E-state index contributed by atoms with van der Waals surface area (Å²) >= 11 is 0. The van der Waals surface area contributed by atoms with Gasteiger partial charge in [0.25, 0.3) is 8.32 Å². The van der Waals surface area contributed by atoms with E-state index < -0.39 is 8.32 Å². The number of rotatable bonds is 7. The minimum atomic E-state index is -2.63. The van der Waals surface area contributed by atoms with Crippen LogP contribution in [-0.2, 0) is 14.0 Å². The van der Waals surface area contributed by atoms with Gasteiger partial charge in [0.2, 0.25) is 0 Å². The van der Waals surface area contributed by atoms with E-state index in [9.17, 15) is 4.79 Å². The maximum Gasteiger partial charge on any atom is 0.305 e. The summed E-state index contributed by atoms with van der Waals surface area (Å²) in [5.41, 5.74) is 0.931. The highest BCUT2D eigenvalue weighted by molar-refractivity contribution is 6.99. The van der Waals surface area contributed by atoms with Crippen molar-refractivity contribution >= 4 is 24.7 Å². The Bertz CT molecular complexity index is 862. The van der Waals surface area contributed by atoms with Crippen LogP contribution in [0.3, 0.4) is 0 Å². The van der Waals surface area contributed by atoms with Crippen molar-refractivity contribution in [2.75, 3.05) is 13.7 Å². The van der Waals surface area contributed by atoms with E-state index in [1.54, 1.807) is 0 Å². The lowest BCUT2D eigenvalue weighted by molar-refractivity contribution is -0.142. The normalized spacial score (nSPS) is 21.8. The van der Waals surface area contributed by atoms with Crippen molar-refractivity contribution in [1.82, 2.24) is 0 Å². The van der Waals surface area contributed by atoms with Crippen LogP contribution in [0.1, 0.15) is 47.0 Å². The van der Waals surface area contributed by atoms with Crippen molar-refractivity contribution in [3.8, 4) is 0 Å². The molecule has 0 amide bonds. The lowest BCUT2D eigenvalue weighted by Crippen LogP contribution is -2.67. The predicted molar refractivity (Wildman–Crippen MR) is 130 cm³/mol. The molecule has 0 N–H and O–H groups in total. The molecular formula is C27H36O3Si. The van der Waals surface area contributed by atoms with Gasteiger partial charge >= 0.3 is 5.97 Å². The molecule has 1 saturated carbocycles. The number of methoxy groups -OCH3 is 1. The highest BCUT2D eigenvalue weighted by atomic mass is 28.4. The lowest BCUT2D eigenvalue weighted by Gasteiger charge is -2.45. The van der Waals surface area contributed by atoms with Gasteiger partial charge in [-0.05, 0) is 34.2 Å². The fourth-order valence-corrected chi connectivity index (χ4v) is 9.76. The molecule has 1 aliphatic rings. The monoisotopic (exact) mass is 436 g/mol. The van der Waals surface area contributed by atoms with Crippen LogP contribution in [0, 0.1) is 11.3 Å². The standard InChI is InChI=1S/C27H36O3Si/c1-21-17-18-22(19-25(28)29-6)27(21,5)20-30-31(26(2,3)4,23-13-9-7-10-14-23)24-15-11-8-12-16-24/h7-16,22H,1,17-20H2,2-6H3/t22-,27+/m0/s1. The summed E-state index contributed by atoms with van der Waals surface area (Å²) in [4.78, 5) is 12.1. The van der Waals surface area contributed by atoms with Crippen molar-refractivity contribution in [3.63, 3.8) is 0 Å². The van der Waals surface area contributed by atoms with Gasteiger partial charge in [0.15, 0.2) is 0 Å². The van der Waals surface area contributed by atoms with Gasteiger partial charge in [0.05, 0.1) is 7.11 Å². The van der Waals surface area contributed by atoms with Crippen LogP contribution in [-0.4, -0.2) is 28.0 Å². The Kier molecular flexibility index (Phi) is 6.92. The highest BCUT2D eigenvalue weighted by Crippen LogP contribution is 2.49. The molecular weight excluding hydrogens is 400 g/mol. The molecule has 0 radical (unpaired) electrons. The molecule has 3 rings (SSSR count). The quantitative estimate of drug-likeness (QED) is 0.344. The Morgan fingerprint density at radius 1 is 1.06 bits per heavy atom. The lowest BCUT2D eigenvalue weighted by atomic mass is 9.77. The summed E-state index contributed by atoms with van der Waals surface area (Å²) in [7, 11) is -1.17. The van der Waals surface area contributed by atoms with Crippen LogP contribution in [0.5, 0.6) is 0 Å². The summed E-state index contributed by atoms with van der Waals surface area (Å²) in [6, 6.07) is 21.4. The Balaban J connectivity index is 2.05. The Hall–Kier alpha value is -2.17. The topological polar surface area (TPSA) is 35.5 Å². The number of carbonyl (C=O) groups is 1. The Labute approximate surface area is 188 Å². The van der Waals surface area contributed by atoms with Crippen molar-refractivity contribution in [1.29, 1.82) is 0 Å². The fourth-order valence-electron chi connectivity index (χ4n) is 5.09. The number of hydrogen-bond acceptors (Lipinski definition) is 3. The molecule has 0 aliphatic heterocycles. The van der Waals surface area contributed by atoms with E-state index in [0.717, 1.165) is 12.8 Å². The second kappa shape index (κ2) is 9.13. The van der Waals surface area contributed by atoms with Crippen LogP contribution in [0.15, 0.2) is 72.8 Å². The van der Waals surface area contributed by atoms with Gasteiger partial charge < -0.3 is 9.16 Å². The number of hydrogen-bond donors (Lipinski definition) is 0. The van der Waals surface area contributed by atoms with Gasteiger partial charge in [-0.3, -0.25) is 4.79 Å². The summed E-state index contributed by atoms with van der Waals surface area (Å²) in [5.74, 6) is 0.0297. The maximum atomic E-state index is 12.1. The van der Waals surface area contributed by atoms with E-state index in [1.165, 1.54) is 23.1 Å². The van der Waals surface area contributed by atoms with Crippen LogP contribution < -0.4 is 10.4 Å². The number of carbonyl (C=O) groups excluding carboxylic acids is 1. The molecule has 2 aromatic rings. The first-order chi connectivity index (χ1) is 14.6. The second-order valence-corrected chi connectivity index (χ2v) is 14.3. The van der Waals surface area contributed by atoms with Gasteiger partial charge in [0.1, 0.15) is 0 Å². The third-order valence-electron chi connectivity index (χ3n) is 7.15. The van der Waals surface area contributed by atoms with E-state index in [0.29, 0.717) is 13.0 Å². The number of benzene rings is 2. The van der Waals surface area contributed by atoms with Gasteiger partial charge in [0, 0.05) is 18.4 Å². The van der Waals surface area contributed by atoms with Gasteiger partial charge in [-0.1, -0.05) is 101 Å². The average Bonchev–Trinajstić information content (AvgIpc) is 3.03. The molecule has 2 atom stereocenters. The Morgan fingerprint density at radius 3 is 2.03 bits per heavy atom. The Morgan fingerprint density at radius 2 is 1.58 bits per heavy atom. The average molecular weight is 437 g/mol. The fraction of sp³-hybridized carbons (Fsp3) is 0.444. The van der Waals surface area contributed by atoms with Gasteiger partial charge in [-0.25, -0.2) is 0 Å². The van der Waals surface area contributed by atoms with Crippen LogP contribution >= 0.6 is 0 Å². The van der Waals surface area contributed by atoms with E-state index >= 15 is 0 Å². The van der Waals surface area contributed by atoms with Crippen molar-refractivity contribution in [2.45, 2.75) is 52.0 Å². The summed E-state index contributed by atoms with van der Waals surface area (Å²) in [6.45, 7) is 14.0. The van der Waals surface area contributed by atoms with Crippen LogP contribution in [0.25, 0.3) is 0 Å². The summed E-state index contributed by atoms with van der Waals surface area (Å²) in [6.07, 6.45) is 2.30. The summed E-state index contributed by atoms with van der Waals surface area (Å²) < 4.78 is 12.2. The maximum absolute atomic E-state index is 12.1. The zero-order valence-electron chi connectivity index (χ0n) is 19.6. The first kappa shape index (κ1) is 23.5. The zero-order valence-corrected chi connectivity index (χ0v) is 20.6. The first-order valence-electron chi connectivity index (χ1n) is 11.2. The number of ether oxygens (including phenoxy) is 1. The third-order valence-corrected chi connectivity index (χ3v) is 12.1. The molecule has 2 aromatic carbocycles. The van der Waals surface area contributed by atoms with E-state index in [1.807, 2.05) is 0 Å². The van der Waals surface area contributed by atoms with Crippen molar-refractivity contribution in [2.24, 2.45) is 11.3 Å². The molecule has 1 aliphatic carbocycles. The largest absolute Gasteiger partial charge is 0.469 e. The van der Waals surface area contributed by atoms with Gasteiger partial charge in [-0.15, -0.1) is 0 Å². The molecule has 3 nitrogen and oxygen atoms in total. The molecule has 0 aromatic heterocycles. The molecule has 0 heterocycles. The molecule has 166 valence electrons. The van der Waals surface area contributed by atoms with Gasteiger partial charge in [-0.2, -0.15) is 0 Å². The highest BCUT2D eigenvalue weighted by Gasteiger charge is 2.52. The van der Waals surface area contributed by atoms with Crippen molar-refractivity contribution in [3.05, 3.63) is 72.8 Å². The predicted octanol–water partition coefficient (Wildman–Crippen LogP) is 5.10. The molecule has 1 fully saturated rings. The molecule has 0 unspecified atom stereocenters. The second-order valence-electron chi connectivity index (χ2n) is 9.99. The van der Waals surface area contributed by atoms with Crippen molar-refractivity contribution < 1.29 is 14.0 Å². The van der Waals surface area contributed by atoms with Crippen LogP contribution in [0.4, 0.5) is 0 Å². The van der Waals surface area contributed by atoms with Crippen LogP contribution in [0.2, 0.25) is 5.04 Å².